The molecule has 1 saturated heterocycles. The molecule has 1 atom stereocenters. The third-order valence-electron chi connectivity index (χ3n) is 3.28. The molecular weight excluding hydrogens is 327 g/mol. The second-order valence-corrected chi connectivity index (χ2v) is 5.85. The van der Waals surface area contributed by atoms with Gasteiger partial charge in [-0.2, -0.15) is 0 Å². The maximum absolute atomic E-state index is 11.9. The molecule has 0 saturated carbocycles. The molecule has 1 heterocycles. The Labute approximate surface area is 116 Å². The van der Waals surface area contributed by atoms with Gasteiger partial charge < -0.3 is 4.90 Å². The molecule has 1 aromatic carbocycles. The monoisotopic (exact) mass is 344 g/mol. The summed E-state index contributed by atoms with van der Waals surface area (Å²) in [4.78, 5) is 15.8. The maximum Gasteiger partial charge on any atom is 0.239 e. The van der Waals surface area contributed by atoms with Crippen LogP contribution in [0.3, 0.4) is 0 Å². The molecule has 1 aliphatic rings. The SMILES string of the molecule is CN1CC[C@@H](N(C)Cc2ccc(I)cc2)C1=O. The van der Waals surface area contributed by atoms with Crippen LogP contribution in [0, 0.1) is 3.57 Å². The molecule has 0 bridgehead atoms. The van der Waals surface area contributed by atoms with Gasteiger partial charge in [0.2, 0.25) is 5.91 Å². The number of hydrogen-bond donors (Lipinski definition) is 0. The summed E-state index contributed by atoms with van der Waals surface area (Å²) in [5.41, 5.74) is 1.26. The van der Waals surface area contributed by atoms with E-state index in [4.69, 9.17) is 0 Å². The van der Waals surface area contributed by atoms with E-state index in [1.165, 1.54) is 9.13 Å². The smallest absolute Gasteiger partial charge is 0.239 e. The zero-order valence-electron chi connectivity index (χ0n) is 10.2. The molecule has 1 aliphatic heterocycles. The highest BCUT2D eigenvalue weighted by molar-refractivity contribution is 14.1. The normalized spacial score (nSPS) is 20.4. The Bertz CT molecular complexity index is 404. The summed E-state index contributed by atoms with van der Waals surface area (Å²) in [7, 11) is 3.90. The van der Waals surface area contributed by atoms with Crippen molar-refractivity contribution in [2.24, 2.45) is 0 Å². The van der Waals surface area contributed by atoms with E-state index in [9.17, 15) is 4.79 Å². The molecule has 4 heteroatoms. The molecular formula is C13H17IN2O. The van der Waals surface area contributed by atoms with Gasteiger partial charge in [0.05, 0.1) is 6.04 Å². The summed E-state index contributed by atoms with van der Waals surface area (Å²) in [6.45, 7) is 1.71. The van der Waals surface area contributed by atoms with Gasteiger partial charge in [-0.3, -0.25) is 9.69 Å². The summed E-state index contributed by atoms with van der Waals surface area (Å²) in [6, 6.07) is 8.51. The van der Waals surface area contributed by atoms with Crippen molar-refractivity contribution >= 4 is 28.5 Å². The number of carbonyl (C=O) groups excluding carboxylic acids is 1. The minimum absolute atomic E-state index is 0.0549. The van der Waals surface area contributed by atoms with Crippen LogP contribution in [0.5, 0.6) is 0 Å². The Morgan fingerprint density at radius 2 is 2.06 bits per heavy atom. The van der Waals surface area contributed by atoms with Crippen molar-refractivity contribution < 1.29 is 4.79 Å². The third kappa shape index (κ3) is 2.98. The Hall–Kier alpha value is -0.620. The highest BCUT2D eigenvalue weighted by atomic mass is 127. The zero-order valence-corrected chi connectivity index (χ0v) is 12.3. The molecule has 17 heavy (non-hydrogen) atoms. The van der Waals surface area contributed by atoms with Crippen LogP contribution in [0.25, 0.3) is 0 Å². The lowest BCUT2D eigenvalue weighted by atomic mass is 10.1. The number of likely N-dealkylation sites (tertiary alicyclic amines) is 1. The molecule has 0 unspecified atom stereocenters. The van der Waals surface area contributed by atoms with Crippen molar-refractivity contribution in [2.75, 3.05) is 20.6 Å². The molecule has 0 aromatic heterocycles. The first kappa shape index (κ1) is 12.8. The zero-order chi connectivity index (χ0) is 12.4. The molecule has 0 spiro atoms. The van der Waals surface area contributed by atoms with Gasteiger partial charge in [0.15, 0.2) is 0 Å². The number of likely N-dealkylation sites (N-methyl/N-ethyl adjacent to an activating group) is 2. The van der Waals surface area contributed by atoms with E-state index < -0.39 is 0 Å². The molecule has 3 nitrogen and oxygen atoms in total. The van der Waals surface area contributed by atoms with Gasteiger partial charge in [0, 0.05) is 23.7 Å². The van der Waals surface area contributed by atoms with E-state index in [2.05, 4.69) is 51.8 Å². The van der Waals surface area contributed by atoms with E-state index in [0.29, 0.717) is 0 Å². The number of halogens is 1. The fourth-order valence-corrected chi connectivity index (χ4v) is 2.56. The van der Waals surface area contributed by atoms with Gasteiger partial charge in [-0.05, 0) is 53.8 Å². The third-order valence-corrected chi connectivity index (χ3v) is 4.00. The predicted octanol–water partition coefficient (Wildman–Crippen LogP) is 1.95. The molecule has 1 amide bonds. The predicted molar refractivity (Wildman–Crippen MR) is 76.7 cm³/mol. The fourth-order valence-electron chi connectivity index (χ4n) is 2.20. The highest BCUT2D eigenvalue weighted by Gasteiger charge is 2.31. The molecule has 0 N–H and O–H groups in total. The first-order valence-corrected chi connectivity index (χ1v) is 6.85. The number of rotatable bonds is 3. The van der Waals surface area contributed by atoms with Gasteiger partial charge in [-0.1, -0.05) is 12.1 Å². The van der Waals surface area contributed by atoms with Gasteiger partial charge in [-0.25, -0.2) is 0 Å². The summed E-state index contributed by atoms with van der Waals surface area (Å²) in [6.07, 6.45) is 0.941. The van der Waals surface area contributed by atoms with Crippen LogP contribution in [0.15, 0.2) is 24.3 Å². The van der Waals surface area contributed by atoms with Crippen LogP contribution >= 0.6 is 22.6 Å². The van der Waals surface area contributed by atoms with Gasteiger partial charge in [0.25, 0.3) is 0 Å². The van der Waals surface area contributed by atoms with E-state index >= 15 is 0 Å². The molecule has 2 rings (SSSR count). The first-order chi connectivity index (χ1) is 8.08. The molecule has 92 valence electrons. The lowest BCUT2D eigenvalue weighted by Crippen LogP contribution is -2.38. The number of hydrogen-bond acceptors (Lipinski definition) is 2. The van der Waals surface area contributed by atoms with E-state index in [1.807, 2.05) is 19.0 Å². The van der Waals surface area contributed by atoms with Crippen LogP contribution in [0.2, 0.25) is 0 Å². The van der Waals surface area contributed by atoms with Crippen molar-refractivity contribution in [3.05, 3.63) is 33.4 Å². The van der Waals surface area contributed by atoms with E-state index in [-0.39, 0.29) is 11.9 Å². The Morgan fingerprint density at radius 3 is 2.59 bits per heavy atom. The highest BCUT2D eigenvalue weighted by Crippen LogP contribution is 2.17. The second kappa shape index (κ2) is 5.35. The quantitative estimate of drug-likeness (QED) is 0.783. The molecule has 0 aliphatic carbocycles. The van der Waals surface area contributed by atoms with E-state index in [1.54, 1.807) is 0 Å². The number of carbonyl (C=O) groups is 1. The van der Waals surface area contributed by atoms with Crippen LogP contribution in [0.1, 0.15) is 12.0 Å². The van der Waals surface area contributed by atoms with Gasteiger partial charge in [0.1, 0.15) is 0 Å². The average molecular weight is 344 g/mol. The van der Waals surface area contributed by atoms with Crippen molar-refractivity contribution in [2.45, 2.75) is 19.0 Å². The van der Waals surface area contributed by atoms with Crippen LogP contribution in [-0.2, 0) is 11.3 Å². The van der Waals surface area contributed by atoms with Crippen LogP contribution in [-0.4, -0.2) is 42.4 Å². The minimum Gasteiger partial charge on any atom is -0.344 e. The van der Waals surface area contributed by atoms with Crippen molar-refractivity contribution in [3.8, 4) is 0 Å². The van der Waals surface area contributed by atoms with Crippen molar-refractivity contribution in [1.82, 2.24) is 9.80 Å². The minimum atomic E-state index is 0.0549. The topological polar surface area (TPSA) is 23.6 Å². The van der Waals surface area contributed by atoms with Crippen molar-refractivity contribution in [1.29, 1.82) is 0 Å². The van der Waals surface area contributed by atoms with Crippen molar-refractivity contribution in [3.63, 3.8) is 0 Å². The summed E-state index contributed by atoms with van der Waals surface area (Å²) in [5.74, 6) is 0.248. The fraction of sp³-hybridized carbons (Fsp3) is 0.462. The molecule has 0 radical (unpaired) electrons. The number of amides is 1. The maximum atomic E-state index is 11.9. The largest absolute Gasteiger partial charge is 0.344 e. The van der Waals surface area contributed by atoms with Crippen LogP contribution < -0.4 is 0 Å². The lowest BCUT2D eigenvalue weighted by molar-refractivity contribution is -0.130. The Balaban J connectivity index is 1.99. The Kier molecular flexibility index (Phi) is 4.04. The summed E-state index contributed by atoms with van der Waals surface area (Å²) in [5, 5.41) is 0. The molecule has 1 fully saturated rings. The average Bonchev–Trinajstić information content (AvgIpc) is 2.63. The van der Waals surface area contributed by atoms with Gasteiger partial charge >= 0.3 is 0 Å². The molecule has 1 aromatic rings. The standard InChI is InChI=1S/C13H17IN2O/c1-15-8-7-12(13(15)17)16(2)9-10-3-5-11(14)6-4-10/h3-6,12H,7-9H2,1-2H3/t12-/m1/s1. The van der Waals surface area contributed by atoms with E-state index in [0.717, 1.165) is 19.5 Å². The first-order valence-electron chi connectivity index (χ1n) is 5.77. The summed E-state index contributed by atoms with van der Waals surface area (Å²) >= 11 is 2.30. The lowest BCUT2D eigenvalue weighted by Gasteiger charge is -2.22. The second-order valence-electron chi connectivity index (χ2n) is 4.61. The number of nitrogens with zero attached hydrogens (tertiary/aromatic N) is 2. The Morgan fingerprint density at radius 1 is 1.41 bits per heavy atom. The number of benzene rings is 1. The van der Waals surface area contributed by atoms with Gasteiger partial charge in [-0.15, -0.1) is 0 Å². The summed E-state index contributed by atoms with van der Waals surface area (Å²) < 4.78 is 1.24. The van der Waals surface area contributed by atoms with Crippen LogP contribution in [0.4, 0.5) is 0 Å².